The predicted octanol–water partition coefficient (Wildman–Crippen LogP) is 13.6. The minimum Gasteiger partial charge on any atom is -0.208 e. The second-order valence-corrected chi connectivity index (χ2v) is 16.6. The summed E-state index contributed by atoms with van der Waals surface area (Å²) in [6.45, 7) is 0. The van der Waals surface area contributed by atoms with E-state index in [9.17, 15) is 0 Å². The van der Waals surface area contributed by atoms with Crippen LogP contribution in [0.1, 0.15) is 44.5 Å². The summed E-state index contributed by atoms with van der Waals surface area (Å²) in [5.41, 5.74) is 19.5. The van der Waals surface area contributed by atoms with Crippen LogP contribution in [0.3, 0.4) is 0 Å². The lowest BCUT2D eigenvalue weighted by Crippen LogP contribution is -2.28. The first kappa shape index (κ1) is 34.8. The van der Waals surface area contributed by atoms with Gasteiger partial charge in [0.25, 0.3) is 0 Å². The molecule has 288 valence electrons. The number of rotatable bonds is 5. The van der Waals surface area contributed by atoms with Gasteiger partial charge in [-0.05, 0) is 90.0 Å². The van der Waals surface area contributed by atoms with Crippen LogP contribution >= 0.6 is 0 Å². The van der Waals surface area contributed by atoms with Crippen molar-refractivity contribution in [2.75, 3.05) is 0 Å². The monoisotopic (exact) mass is 787 g/mol. The van der Waals surface area contributed by atoms with Crippen molar-refractivity contribution in [1.29, 1.82) is 0 Å². The van der Waals surface area contributed by atoms with E-state index in [0.717, 1.165) is 16.7 Å². The minimum absolute atomic E-state index is 0.472. The maximum atomic E-state index is 5.42. The van der Waals surface area contributed by atoms with E-state index in [2.05, 4.69) is 206 Å². The molecule has 3 heteroatoms. The number of fused-ring (bicyclic) bond motifs is 13. The Balaban J connectivity index is 1.05. The number of hydrogen-bond donors (Lipinski definition) is 0. The molecule has 0 saturated heterocycles. The third-order valence-electron chi connectivity index (χ3n) is 13.6. The molecule has 0 radical (unpaired) electrons. The molecule has 10 aromatic rings. The Labute approximate surface area is 360 Å². The molecule has 0 bridgehead atoms. The van der Waals surface area contributed by atoms with Crippen LogP contribution < -0.4 is 0 Å². The van der Waals surface area contributed by atoms with E-state index in [1.165, 1.54) is 77.9 Å². The second-order valence-electron chi connectivity index (χ2n) is 16.6. The second kappa shape index (κ2) is 13.2. The van der Waals surface area contributed by atoms with Crippen molar-refractivity contribution in [3.8, 4) is 67.5 Å². The molecule has 13 rings (SSSR count). The molecule has 0 unspecified atom stereocenters. The van der Waals surface area contributed by atoms with Gasteiger partial charge in [-0.1, -0.05) is 212 Å². The van der Waals surface area contributed by atoms with E-state index < -0.39 is 10.8 Å². The van der Waals surface area contributed by atoms with E-state index in [-0.39, 0.29) is 0 Å². The Morgan fingerprint density at radius 2 is 0.532 bits per heavy atom. The van der Waals surface area contributed by atoms with Crippen LogP contribution in [0.5, 0.6) is 0 Å². The van der Waals surface area contributed by atoms with Gasteiger partial charge >= 0.3 is 0 Å². The van der Waals surface area contributed by atoms with Gasteiger partial charge in [0, 0.05) is 16.7 Å². The van der Waals surface area contributed by atoms with Gasteiger partial charge in [0.15, 0.2) is 17.5 Å². The molecule has 9 aromatic carbocycles. The summed E-state index contributed by atoms with van der Waals surface area (Å²) in [5, 5.41) is 0. The molecule has 1 spiro atoms. The normalized spacial score (nSPS) is 14.1. The quantitative estimate of drug-likeness (QED) is 0.174. The molecule has 3 aliphatic rings. The van der Waals surface area contributed by atoms with Gasteiger partial charge in [-0.3, -0.25) is 0 Å². The highest BCUT2D eigenvalue weighted by Gasteiger charge is 2.52. The SMILES string of the molecule is c1ccc(-c2nc(-c3ccc4c(c3)C(c3ccccc3)(c3ccccc3)c3ccccc3-4)nc(-c3ccc4c(c3)C3(c5ccccc5-c5ccccc53)c3ccccc3-4)n2)cc1. The minimum atomic E-state index is -0.542. The third kappa shape index (κ3) is 4.68. The fraction of sp³-hybridized carbons (Fsp3) is 0.0339. The van der Waals surface area contributed by atoms with Crippen LogP contribution in [0.2, 0.25) is 0 Å². The molecular formula is C59H37N3. The van der Waals surface area contributed by atoms with Crippen molar-refractivity contribution in [3.05, 3.63) is 269 Å². The van der Waals surface area contributed by atoms with E-state index in [4.69, 9.17) is 15.0 Å². The Bertz CT molecular complexity index is 3180. The van der Waals surface area contributed by atoms with E-state index in [0.29, 0.717) is 17.5 Å². The molecule has 0 N–H and O–H groups in total. The van der Waals surface area contributed by atoms with Crippen LogP contribution in [0.15, 0.2) is 224 Å². The lowest BCUT2D eigenvalue weighted by atomic mass is 9.67. The highest BCUT2D eigenvalue weighted by molar-refractivity contribution is 5.96. The topological polar surface area (TPSA) is 38.7 Å². The largest absolute Gasteiger partial charge is 0.208 e. The molecule has 0 saturated carbocycles. The average Bonchev–Trinajstić information content (AvgIpc) is 3.94. The fourth-order valence-corrected chi connectivity index (χ4v) is 11.2. The van der Waals surface area contributed by atoms with Crippen molar-refractivity contribution in [2.24, 2.45) is 0 Å². The maximum Gasteiger partial charge on any atom is 0.164 e. The van der Waals surface area contributed by atoms with Crippen LogP contribution in [0.25, 0.3) is 67.5 Å². The molecule has 0 aliphatic heterocycles. The Morgan fingerprint density at radius 3 is 0.952 bits per heavy atom. The Kier molecular flexibility index (Phi) is 7.44. The summed E-state index contributed by atoms with van der Waals surface area (Å²) in [7, 11) is 0. The van der Waals surface area contributed by atoms with Crippen LogP contribution in [-0.4, -0.2) is 15.0 Å². The van der Waals surface area contributed by atoms with E-state index in [1.54, 1.807) is 0 Å². The van der Waals surface area contributed by atoms with Crippen molar-refractivity contribution in [2.45, 2.75) is 10.8 Å². The highest BCUT2D eigenvalue weighted by Crippen LogP contribution is 2.63. The van der Waals surface area contributed by atoms with Gasteiger partial charge < -0.3 is 0 Å². The van der Waals surface area contributed by atoms with Gasteiger partial charge in [0.05, 0.1) is 10.8 Å². The summed E-state index contributed by atoms with van der Waals surface area (Å²) in [4.78, 5) is 16.0. The summed E-state index contributed by atoms with van der Waals surface area (Å²) in [6, 6.07) is 81.5. The van der Waals surface area contributed by atoms with Crippen LogP contribution in [-0.2, 0) is 10.8 Å². The molecule has 1 heterocycles. The van der Waals surface area contributed by atoms with Crippen LogP contribution in [0, 0.1) is 0 Å². The van der Waals surface area contributed by atoms with E-state index >= 15 is 0 Å². The van der Waals surface area contributed by atoms with Crippen molar-refractivity contribution in [3.63, 3.8) is 0 Å². The molecule has 62 heavy (non-hydrogen) atoms. The first-order valence-electron chi connectivity index (χ1n) is 21.4. The zero-order valence-corrected chi connectivity index (χ0v) is 33.7. The summed E-state index contributed by atoms with van der Waals surface area (Å²) < 4.78 is 0. The first-order valence-corrected chi connectivity index (χ1v) is 21.4. The van der Waals surface area contributed by atoms with Gasteiger partial charge in [0.2, 0.25) is 0 Å². The summed E-state index contributed by atoms with van der Waals surface area (Å²) >= 11 is 0. The molecule has 0 fully saturated rings. The molecule has 0 atom stereocenters. The van der Waals surface area contributed by atoms with Gasteiger partial charge in [0.1, 0.15) is 0 Å². The highest BCUT2D eigenvalue weighted by atomic mass is 15.0. The van der Waals surface area contributed by atoms with Crippen molar-refractivity contribution in [1.82, 2.24) is 15.0 Å². The summed E-state index contributed by atoms with van der Waals surface area (Å²) in [5.74, 6) is 1.92. The Hall–Kier alpha value is -8.01. The molecule has 3 aliphatic carbocycles. The zero-order valence-electron chi connectivity index (χ0n) is 33.7. The molecule has 3 nitrogen and oxygen atoms in total. The van der Waals surface area contributed by atoms with Gasteiger partial charge in [-0.25, -0.2) is 15.0 Å². The molecule has 1 aromatic heterocycles. The average molecular weight is 788 g/mol. The zero-order chi connectivity index (χ0) is 40.8. The molecule has 0 amide bonds. The molecular weight excluding hydrogens is 751 g/mol. The van der Waals surface area contributed by atoms with E-state index in [1.807, 2.05) is 18.2 Å². The lowest BCUT2D eigenvalue weighted by Gasteiger charge is -2.34. The van der Waals surface area contributed by atoms with Crippen molar-refractivity contribution >= 4 is 0 Å². The van der Waals surface area contributed by atoms with Gasteiger partial charge in [-0.15, -0.1) is 0 Å². The maximum absolute atomic E-state index is 5.42. The predicted molar refractivity (Wildman–Crippen MR) is 250 cm³/mol. The number of hydrogen-bond acceptors (Lipinski definition) is 3. The third-order valence-corrected chi connectivity index (χ3v) is 13.6. The smallest absolute Gasteiger partial charge is 0.164 e. The fourth-order valence-electron chi connectivity index (χ4n) is 11.2. The standard InChI is InChI=1S/C59H37N3/c1-4-18-38(19-5-1)55-60-56(39-32-34-47-45-26-10-14-28-49(45)58(53(47)36-39,41-20-6-2-7-21-41)42-22-8-3-9-23-42)62-57(61-55)40-33-35-48-46-27-13-17-31-52(46)59(54(48)37-40)50-29-15-11-24-43(50)44-25-12-16-30-51(44)59/h1-37H. The Morgan fingerprint density at radius 1 is 0.226 bits per heavy atom. The number of aromatic nitrogens is 3. The first-order chi connectivity index (χ1) is 30.7. The number of nitrogens with zero attached hydrogens (tertiary/aromatic N) is 3. The van der Waals surface area contributed by atoms with Crippen molar-refractivity contribution < 1.29 is 0 Å². The summed E-state index contributed by atoms with van der Waals surface area (Å²) in [6.07, 6.45) is 0. The van der Waals surface area contributed by atoms with Crippen LogP contribution in [0.4, 0.5) is 0 Å². The lowest BCUT2D eigenvalue weighted by molar-refractivity contribution is 0.768. The van der Waals surface area contributed by atoms with Gasteiger partial charge in [-0.2, -0.15) is 0 Å². The number of benzene rings is 9.